The van der Waals surface area contributed by atoms with E-state index in [0.29, 0.717) is 32.2 Å². The molecule has 0 radical (unpaired) electrons. The number of carbonyl (C=O) groups is 3. The van der Waals surface area contributed by atoms with Crippen molar-refractivity contribution in [3.05, 3.63) is 0 Å². The Labute approximate surface area is 171 Å². The standard InChI is InChI=1S/C22H31NO6/c1-4-13-17-16(12(3)19(25)29-17)22(27)10-14(15-9-11(2)18(24)28-15)23-8-6-5-7-21(13,22)20(23)26/h11-17,27H,4-10H2,1-3H3/t11-,12-,13-,14-,15+,16-,17-,21+,22-/m0/s1. The lowest BCUT2D eigenvalue weighted by Crippen LogP contribution is -2.69. The summed E-state index contributed by atoms with van der Waals surface area (Å²) in [6, 6.07) is -0.341. The average molecular weight is 405 g/mol. The Morgan fingerprint density at radius 3 is 2.55 bits per heavy atom. The Morgan fingerprint density at radius 1 is 1.14 bits per heavy atom. The summed E-state index contributed by atoms with van der Waals surface area (Å²) < 4.78 is 11.4. The first kappa shape index (κ1) is 19.3. The molecule has 4 heterocycles. The predicted molar refractivity (Wildman–Crippen MR) is 101 cm³/mol. The maximum atomic E-state index is 14.0. The Bertz CT molecular complexity index is 768. The van der Waals surface area contributed by atoms with Gasteiger partial charge in [-0.25, -0.2) is 0 Å². The molecule has 5 rings (SSSR count). The number of fused-ring (bicyclic) bond motifs is 3. The number of cyclic esters (lactones) is 1. The van der Waals surface area contributed by atoms with E-state index in [0.717, 1.165) is 12.8 Å². The lowest BCUT2D eigenvalue weighted by Gasteiger charge is -2.55. The van der Waals surface area contributed by atoms with Gasteiger partial charge in [-0.15, -0.1) is 0 Å². The minimum atomic E-state index is -1.31. The van der Waals surface area contributed by atoms with Crippen LogP contribution in [0.25, 0.3) is 0 Å². The van der Waals surface area contributed by atoms with Gasteiger partial charge in [-0.3, -0.25) is 14.4 Å². The third-order valence-electron chi connectivity index (χ3n) is 8.78. The van der Waals surface area contributed by atoms with Gasteiger partial charge in [0.05, 0.1) is 28.9 Å². The number of esters is 2. The third-order valence-corrected chi connectivity index (χ3v) is 8.78. The van der Waals surface area contributed by atoms with Gasteiger partial charge < -0.3 is 19.5 Å². The number of aliphatic hydroxyl groups is 1. The Morgan fingerprint density at radius 2 is 1.90 bits per heavy atom. The second-order valence-electron chi connectivity index (χ2n) is 9.97. The van der Waals surface area contributed by atoms with Crippen LogP contribution in [0.15, 0.2) is 0 Å². The number of amides is 1. The number of nitrogens with zero attached hydrogens (tertiary/aromatic N) is 1. The molecule has 0 aromatic rings. The Kier molecular flexibility index (Phi) is 4.13. The van der Waals surface area contributed by atoms with Crippen LogP contribution in [0, 0.1) is 29.1 Å². The van der Waals surface area contributed by atoms with E-state index in [1.807, 2.05) is 25.7 Å². The van der Waals surface area contributed by atoms with Gasteiger partial charge in [0.15, 0.2) is 0 Å². The molecule has 160 valence electrons. The summed E-state index contributed by atoms with van der Waals surface area (Å²) in [5, 5.41) is 12.3. The molecule has 0 aromatic heterocycles. The molecule has 2 bridgehead atoms. The summed E-state index contributed by atoms with van der Waals surface area (Å²) in [5.74, 6) is -1.72. The van der Waals surface area contributed by atoms with E-state index in [9.17, 15) is 19.5 Å². The maximum Gasteiger partial charge on any atom is 0.309 e. The number of hydrogen-bond acceptors (Lipinski definition) is 6. The highest BCUT2D eigenvalue weighted by Crippen LogP contribution is 2.67. The number of piperidine rings is 1. The van der Waals surface area contributed by atoms with E-state index in [4.69, 9.17) is 9.47 Å². The zero-order chi connectivity index (χ0) is 20.7. The Balaban J connectivity index is 1.63. The highest BCUT2D eigenvalue weighted by Gasteiger charge is 2.78. The van der Waals surface area contributed by atoms with Crippen LogP contribution in [0.1, 0.15) is 59.3 Å². The number of ether oxygens (including phenoxy) is 2. The monoisotopic (exact) mass is 405 g/mol. The molecule has 4 aliphatic heterocycles. The summed E-state index contributed by atoms with van der Waals surface area (Å²) in [6.07, 6.45) is 3.14. The first-order valence-corrected chi connectivity index (χ1v) is 11.2. The van der Waals surface area contributed by atoms with Crippen molar-refractivity contribution >= 4 is 17.8 Å². The van der Waals surface area contributed by atoms with Gasteiger partial charge in [-0.05, 0) is 25.7 Å². The lowest BCUT2D eigenvalue weighted by atomic mass is 9.58. The van der Waals surface area contributed by atoms with Crippen molar-refractivity contribution in [3.8, 4) is 0 Å². The van der Waals surface area contributed by atoms with E-state index >= 15 is 0 Å². The summed E-state index contributed by atoms with van der Waals surface area (Å²) >= 11 is 0. The van der Waals surface area contributed by atoms with Gasteiger partial charge in [-0.2, -0.15) is 0 Å². The first-order chi connectivity index (χ1) is 13.8. The molecule has 29 heavy (non-hydrogen) atoms. The second kappa shape index (κ2) is 6.19. The fourth-order valence-corrected chi connectivity index (χ4v) is 7.53. The van der Waals surface area contributed by atoms with Crippen LogP contribution in [0.5, 0.6) is 0 Å². The van der Waals surface area contributed by atoms with Crippen molar-refractivity contribution in [1.29, 1.82) is 0 Å². The molecule has 5 fully saturated rings. The number of carbonyl (C=O) groups excluding carboxylic acids is 3. The van der Waals surface area contributed by atoms with Crippen molar-refractivity contribution in [1.82, 2.24) is 4.90 Å². The van der Waals surface area contributed by atoms with E-state index in [2.05, 4.69) is 0 Å². The quantitative estimate of drug-likeness (QED) is 0.703. The number of rotatable bonds is 2. The van der Waals surface area contributed by atoms with Gasteiger partial charge in [0.2, 0.25) is 5.91 Å². The zero-order valence-electron chi connectivity index (χ0n) is 17.4. The molecule has 1 N–H and O–H groups in total. The molecule has 1 saturated carbocycles. The van der Waals surface area contributed by atoms with Gasteiger partial charge in [0.25, 0.3) is 0 Å². The smallest absolute Gasteiger partial charge is 0.309 e. The van der Waals surface area contributed by atoms with Crippen LogP contribution >= 0.6 is 0 Å². The van der Waals surface area contributed by atoms with Crippen LogP contribution < -0.4 is 0 Å². The maximum absolute atomic E-state index is 14.0. The zero-order valence-corrected chi connectivity index (χ0v) is 17.4. The molecular formula is C22H31NO6. The summed E-state index contributed by atoms with van der Waals surface area (Å²) in [7, 11) is 0. The lowest BCUT2D eigenvalue weighted by molar-refractivity contribution is -0.200. The van der Waals surface area contributed by atoms with E-state index < -0.39 is 29.1 Å². The molecule has 1 aliphatic carbocycles. The van der Waals surface area contributed by atoms with Crippen molar-refractivity contribution in [3.63, 3.8) is 0 Å². The number of hydrogen-bond donors (Lipinski definition) is 1. The SMILES string of the molecule is CC[C@H]1[C@@H]2OC(=O)[C@@H](C)[C@@H]2[C@@]2(O)C[C@@H]([C@H]3C[C@H](C)C(=O)O3)N3CCCC[C@]12C3=O. The molecule has 4 saturated heterocycles. The minimum Gasteiger partial charge on any atom is -0.461 e. The highest BCUT2D eigenvalue weighted by atomic mass is 16.6. The molecular weight excluding hydrogens is 374 g/mol. The van der Waals surface area contributed by atoms with E-state index in [1.54, 1.807) is 0 Å². The molecule has 5 aliphatic rings. The molecule has 0 unspecified atom stereocenters. The molecule has 7 nitrogen and oxygen atoms in total. The van der Waals surface area contributed by atoms with Crippen LogP contribution in [0.3, 0.4) is 0 Å². The largest absolute Gasteiger partial charge is 0.461 e. The Hall–Kier alpha value is -1.63. The fraction of sp³-hybridized carbons (Fsp3) is 0.864. The molecule has 1 amide bonds. The van der Waals surface area contributed by atoms with E-state index in [-0.39, 0.29) is 41.6 Å². The molecule has 0 aromatic carbocycles. The molecule has 7 heteroatoms. The van der Waals surface area contributed by atoms with Crippen molar-refractivity contribution in [2.45, 2.75) is 83.1 Å². The highest BCUT2D eigenvalue weighted by molar-refractivity contribution is 5.89. The first-order valence-electron chi connectivity index (χ1n) is 11.2. The van der Waals surface area contributed by atoms with E-state index in [1.165, 1.54) is 0 Å². The van der Waals surface area contributed by atoms with Crippen LogP contribution in [0.4, 0.5) is 0 Å². The van der Waals surface area contributed by atoms with Crippen molar-refractivity contribution in [2.24, 2.45) is 29.1 Å². The predicted octanol–water partition coefficient (Wildman–Crippen LogP) is 1.66. The van der Waals surface area contributed by atoms with Crippen molar-refractivity contribution in [2.75, 3.05) is 6.54 Å². The van der Waals surface area contributed by atoms with Gasteiger partial charge >= 0.3 is 11.9 Å². The molecule has 1 spiro atoms. The van der Waals surface area contributed by atoms with Gasteiger partial charge in [0.1, 0.15) is 12.2 Å². The topological polar surface area (TPSA) is 93.1 Å². The average Bonchev–Trinajstić information content (AvgIpc) is 3.19. The van der Waals surface area contributed by atoms with Crippen LogP contribution in [-0.2, 0) is 23.9 Å². The summed E-state index contributed by atoms with van der Waals surface area (Å²) in [5.41, 5.74) is -2.22. The van der Waals surface area contributed by atoms with Crippen molar-refractivity contribution < 1.29 is 29.0 Å². The minimum absolute atomic E-state index is 0.0196. The third kappa shape index (κ3) is 2.20. The van der Waals surface area contributed by atoms with Gasteiger partial charge in [-0.1, -0.05) is 27.2 Å². The summed E-state index contributed by atoms with van der Waals surface area (Å²) in [4.78, 5) is 40.4. The summed E-state index contributed by atoms with van der Waals surface area (Å²) in [6.45, 7) is 6.31. The molecule has 9 atom stereocenters. The van der Waals surface area contributed by atoms with Gasteiger partial charge in [0, 0.05) is 24.8 Å². The van der Waals surface area contributed by atoms with Crippen LogP contribution in [-0.4, -0.2) is 58.2 Å². The normalized spacial score (nSPS) is 51.4. The second-order valence-corrected chi connectivity index (χ2v) is 9.97. The van der Waals surface area contributed by atoms with Crippen LogP contribution in [0.2, 0.25) is 0 Å². The fourth-order valence-electron chi connectivity index (χ4n) is 7.53.